The fraction of sp³-hybridized carbons (Fsp3) is 0.278. The molecular weight excluding hydrogens is 460 g/mol. The molecule has 0 radical (unpaired) electrons. The number of nitrogen functional groups attached to an aromatic ring is 1. The number of nitrogens with one attached hydrogen (secondary N) is 1. The number of amides is 2. The molecule has 0 spiro atoms. The number of rotatable bonds is 8. The molecule has 0 aliphatic heterocycles. The molecule has 0 aliphatic rings. The summed E-state index contributed by atoms with van der Waals surface area (Å²) in [5, 5.41) is 0. The molecule has 15 heteroatoms. The van der Waals surface area contributed by atoms with Crippen LogP contribution in [-0.2, 0) is 14.8 Å². The fourth-order valence-electron chi connectivity index (χ4n) is 2.74. The second-order valence-corrected chi connectivity index (χ2v) is 8.17. The Balaban J connectivity index is 2.82. The van der Waals surface area contributed by atoms with Gasteiger partial charge >= 0.3 is 5.97 Å². The highest BCUT2D eigenvalue weighted by Crippen LogP contribution is 2.32. The van der Waals surface area contributed by atoms with Crippen molar-refractivity contribution in [1.29, 1.82) is 0 Å². The summed E-state index contributed by atoms with van der Waals surface area (Å²) < 4.78 is 43.2. The molecule has 0 saturated carbocycles. The molecule has 2 aromatic rings. The van der Waals surface area contributed by atoms with Gasteiger partial charge in [-0.25, -0.2) is 22.9 Å². The second kappa shape index (κ2) is 9.56. The van der Waals surface area contributed by atoms with E-state index in [0.717, 1.165) is 24.3 Å². The number of carbonyl (C=O) groups excluding carboxylic acids is 3. The summed E-state index contributed by atoms with van der Waals surface area (Å²) in [6, 6.07) is 0.766. The van der Waals surface area contributed by atoms with Crippen LogP contribution in [0, 0.1) is 0 Å². The predicted molar refractivity (Wildman–Crippen MR) is 115 cm³/mol. The van der Waals surface area contributed by atoms with E-state index in [4.69, 9.17) is 20.9 Å². The summed E-state index contributed by atoms with van der Waals surface area (Å²) in [5.74, 6) is -3.52. The SMILES string of the molecule is COC(=O)c1cc(S(=O)(=O)Nc2ncc(OC)c(OC)n2)c(C(=O)N(C)C)c(N)c1C(N)=O. The standard InChI is InChI=1S/C18H22N6O8S/c1-24(2)16(26)12-10(6-8(17(27)32-5)11(13(12)19)14(20)25)33(28,29)23-18-21-7-9(30-3)15(22-18)31-4/h6-7H,19H2,1-5H3,(H2,20,25)(H,21,22,23). The van der Waals surface area contributed by atoms with Gasteiger partial charge in [-0.3, -0.25) is 9.59 Å². The molecule has 0 saturated heterocycles. The van der Waals surface area contributed by atoms with Crippen LogP contribution < -0.4 is 25.7 Å². The molecule has 5 N–H and O–H groups in total. The Labute approximate surface area is 188 Å². The molecule has 0 atom stereocenters. The lowest BCUT2D eigenvalue weighted by Crippen LogP contribution is -2.30. The number of carbonyl (C=O) groups is 3. The first-order valence-electron chi connectivity index (χ1n) is 8.93. The molecule has 0 aliphatic carbocycles. The number of nitrogens with zero attached hydrogens (tertiary/aromatic N) is 3. The Morgan fingerprint density at radius 2 is 1.73 bits per heavy atom. The molecule has 1 aromatic heterocycles. The number of ether oxygens (including phenoxy) is 3. The number of primary amides is 1. The average Bonchev–Trinajstić information content (AvgIpc) is 2.76. The number of anilines is 2. The Morgan fingerprint density at radius 3 is 2.21 bits per heavy atom. The van der Waals surface area contributed by atoms with Gasteiger partial charge in [0.05, 0.1) is 49.9 Å². The number of hydrogen-bond donors (Lipinski definition) is 3. The second-order valence-electron chi connectivity index (χ2n) is 6.52. The van der Waals surface area contributed by atoms with Crippen LogP contribution in [0.5, 0.6) is 11.6 Å². The summed E-state index contributed by atoms with van der Waals surface area (Å²) in [5.41, 5.74) is 8.99. The van der Waals surface area contributed by atoms with Crippen LogP contribution in [0.25, 0.3) is 0 Å². The lowest BCUT2D eigenvalue weighted by atomic mass is 9.99. The Morgan fingerprint density at radius 1 is 1.09 bits per heavy atom. The van der Waals surface area contributed by atoms with Gasteiger partial charge in [0.25, 0.3) is 27.7 Å². The average molecular weight is 482 g/mol. The van der Waals surface area contributed by atoms with E-state index in [9.17, 15) is 22.8 Å². The highest BCUT2D eigenvalue weighted by Gasteiger charge is 2.33. The summed E-state index contributed by atoms with van der Waals surface area (Å²) in [4.78, 5) is 45.0. The Hall–Kier alpha value is -4.14. The predicted octanol–water partition coefficient (Wildman–Crippen LogP) is -0.536. The van der Waals surface area contributed by atoms with E-state index < -0.39 is 61.0 Å². The molecule has 0 bridgehead atoms. The zero-order chi connectivity index (χ0) is 25.1. The van der Waals surface area contributed by atoms with Crippen LogP contribution in [0.15, 0.2) is 17.2 Å². The van der Waals surface area contributed by atoms with Crippen molar-refractivity contribution in [3.63, 3.8) is 0 Å². The molecule has 1 aromatic carbocycles. The molecule has 33 heavy (non-hydrogen) atoms. The topological polar surface area (TPSA) is 206 Å². The van der Waals surface area contributed by atoms with Gasteiger partial charge < -0.3 is 30.6 Å². The van der Waals surface area contributed by atoms with Gasteiger partial charge in [0, 0.05) is 14.1 Å². The van der Waals surface area contributed by atoms with Gasteiger partial charge in [-0.1, -0.05) is 0 Å². The van der Waals surface area contributed by atoms with E-state index in [1.54, 1.807) is 0 Å². The van der Waals surface area contributed by atoms with Crippen molar-refractivity contribution in [3.05, 3.63) is 29.0 Å². The van der Waals surface area contributed by atoms with Gasteiger partial charge in [-0.2, -0.15) is 4.98 Å². The molecular formula is C18H22N6O8S. The molecule has 2 amide bonds. The molecule has 2 rings (SSSR count). The Kier molecular flexibility index (Phi) is 7.28. The normalized spacial score (nSPS) is 10.8. The molecule has 178 valence electrons. The van der Waals surface area contributed by atoms with Crippen molar-refractivity contribution >= 4 is 39.4 Å². The van der Waals surface area contributed by atoms with Crippen molar-refractivity contribution < 1.29 is 37.0 Å². The lowest BCUT2D eigenvalue weighted by molar-refractivity contribution is 0.0596. The van der Waals surface area contributed by atoms with Crippen molar-refractivity contribution in [3.8, 4) is 11.6 Å². The van der Waals surface area contributed by atoms with Crippen molar-refractivity contribution in [2.75, 3.05) is 45.9 Å². The summed E-state index contributed by atoms with van der Waals surface area (Å²) in [7, 11) is 1.64. The van der Waals surface area contributed by atoms with E-state index >= 15 is 0 Å². The monoisotopic (exact) mass is 482 g/mol. The zero-order valence-electron chi connectivity index (χ0n) is 18.3. The third-order valence-corrected chi connectivity index (χ3v) is 5.60. The van der Waals surface area contributed by atoms with Crippen molar-refractivity contribution in [1.82, 2.24) is 14.9 Å². The summed E-state index contributed by atoms with van der Waals surface area (Å²) in [6.45, 7) is 0. The van der Waals surface area contributed by atoms with Gasteiger partial charge in [0.2, 0.25) is 5.95 Å². The van der Waals surface area contributed by atoms with E-state index in [2.05, 4.69) is 19.4 Å². The summed E-state index contributed by atoms with van der Waals surface area (Å²) >= 11 is 0. The smallest absolute Gasteiger partial charge is 0.338 e. The van der Waals surface area contributed by atoms with Crippen LogP contribution in [-0.4, -0.2) is 76.5 Å². The first kappa shape index (κ1) is 25.1. The molecule has 0 unspecified atom stereocenters. The van der Waals surface area contributed by atoms with Gasteiger partial charge in [-0.15, -0.1) is 0 Å². The Bertz CT molecular complexity index is 1230. The fourth-order valence-corrected chi connectivity index (χ4v) is 3.92. The minimum Gasteiger partial charge on any atom is -0.490 e. The van der Waals surface area contributed by atoms with Crippen LogP contribution >= 0.6 is 0 Å². The number of hydrogen-bond acceptors (Lipinski definition) is 11. The van der Waals surface area contributed by atoms with Gasteiger partial charge in [0.15, 0.2) is 5.75 Å². The molecule has 14 nitrogen and oxygen atoms in total. The quantitative estimate of drug-likeness (QED) is 0.322. The minimum absolute atomic E-state index is 0.0753. The van der Waals surface area contributed by atoms with Crippen LogP contribution in [0.3, 0.4) is 0 Å². The van der Waals surface area contributed by atoms with E-state index in [1.807, 2.05) is 0 Å². The maximum Gasteiger partial charge on any atom is 0.338 e. The third-order valence-electron chi connectivity index (χ3n) is 4.25. The number of nitrogens with two attached hydrogens (primary N) is 2. The van der Waals surface area contributed by atoms with Crippen LogP contribution in [0.2, 0.25) is 0 Å². The number of methoxy groups -OCH3 is 3. The maximum atomic E-state index is 13.2. The zero-order valence-corrected chi connectivity index (χ0v) is 19.1. The van der Waals surface area contributed by atoms with E-state index in [0.29, 0.717) is 0 Å². The third kappa shape index (κ3) is 4.87. The highest BCUT2D eigenvalue weighted by atomic mass is 32.2. The maximum absolute atomic E-state index is 13.2. The van der Waals surface area contributed by atoms with Crippen LogP contribution in [0.4, 0.5) is 11.6 Å². The molecule has 0 fully saturated rings. The first-order chi connectivity index (χ1) is 15.4. The van der Waals surface area contributed by atoms with Crippen LogP contribution in [0.1, 0.15) is 31.1 Å². The number of aromatic nitrogens is 2. The van der Waals surface area contributed by atoms with Gasteiger partial charge in [0.1, 0.15) is 4.90 Å². The minimum atomic E-state index is -4.66. The lowest BCUT2D eigenvalue weighted by Gasteiger charge is -2.20. The van der Waals surface area contributed by atoms with Crippen molar-refractivity contribution in [2.45, 2.75) is 4.90 Å². The van der Waals surface area contributed by atoms with E-state index in [1.165, 1.54) is 28.3 Å². The van der Waals surface area contributed by atoms with E-state index in [-0.39, 0.29) is 11.6 Å². The largest absolute Gasteiger partial charge is 0.490 e. The van der Waals surface area contributed by atoms with Gasteiger partial charge in [-0.05, 0) is 6.07 Å². The van der Waals surface area contributed by atoms with Crippen molar-refractivity contribution in [2.24, 2.45) is 5.73 Å². The number of benzene rings is 1. The highest BCUT2D eigenvalue weighted by molar-refractivity contribution is 7.92. The number of sulfonamides is 1. The molecule has 1 heterocycles. The summed E-state index contributed by atoms with van der Waals surface area (Å²) in [6.07, 6.45) is 1.15. The first-order valence-corrected chi connectivity index (χ1v) is 10.4. The number of esters is 1.